The topological polar surface area (TPSA) is 50.8 Å². The van der Waals surface area contributed by atoms with Crippen molar-refractivity contribution in [1.29, 1.82) is 0 Å². The summed E-state index contributed by atoms with van der Waals surface area (Å²) in [5.41, 5.74) is 0.872. The molecule has 5 nitrogen and oxygen atoms in total. The van der Waals surface area contributed by atoms with Gasteiger partial charge in [-0.15, -0.1) is 23.7 Å². The summed E-state index contributed by atoms with van der Waals surface area (Å²) in [7, 11) is 0. The number of halogens is 1. The molecule has 2 aromatic rings. The maximum atomic E-state index is 13.0. The Labute approximate surface area is 170 Å². The summed E-state index contributed by atoms with van der Waals surface area (Å²) in [6.45, 7) is 3.81. The zero-order chi connectivity index (χ0) is 17.8. The van der Waals surface area contributed by atoms with Gasteiger partial charge in [-0.2, -0.15) is 0 Å². The van der Waals surface area contributed by atoms with E-state index in [4.69, 9.17) is 9.47 Å². The summed E-state index contributed by atoms with van der Waals surface area (Å²) in [6.07, 6.45) is 2.69. The number of fused-ring (bicyclic) bond motifs is 1. The zero-order valence-electron chi connectivity index (χ0n) is 15.2. The molecule has 1 fully saturated rings. The van der Waals surface area contributed by atoms with Gasteiger partial charge in [0.15, 0.2) is 11.5 Å². The number of hydrogen-bond acceptors (Lipinski definition) is 5. The molecule has 1 amide bonds. The number of anilines is 1. The zero-order valence-corrected chi connectivity index (χ0v) is 16.8. The van der Waals surface area contributed by atoms with Gasteiger partial charge in [0.1, 0.15) is 13.2 Å². The Morgan fingerprint density at radius 3 is 2.81 bits per heavy atom. The molecule has 1 aromatic heterocycles. The number of hydrogen-bond donors (Lipinski definition) is 1. The van der Waals surface area contributed by atoms with Crippen LogP contribution in [-0.4, -0.2) is 32.2 Å². The van der Waals surface area contributed by atoms with E-state index in [1.165, 1.54) is 11.3 Å². The third kappa shape index (κ3) is 4.94. The van der Waals surface area contributed by atoms with Crippen LogP contribution in [0.4, 0.5) is 5.69 Å². The van der Waals surface area contributed by atoms with Crippen LogP contribution in [0.1, 0.15) is 24.1 Å². The van der Waals surface area contributed by atoms with Crippen molar-refractivity contribution in [2.24, 2.45) is 5.92 Å². The first-order valence-corrected chi connectivity index (χ1v) is 10.1. The number of nitrogens with zero attached hydrogens (tertiary/aromatic N) is 1. The van der Waals surface area contributed by atoms with Crippen LogP contribution in [0.3, 0.4) is 0 Å². The molecule has 0 spiro atoms. The Bertz CT molecular complexity index is 748. The van der Waals surface area contributed by atoms with Gasteiger partial charge in [-0.25, -0.2) is 0 Å². The maximum absolute atomic E-state index is 13.0. The second-order valence-electron chi connectivity index (χ2n) is 6.78. The number of rotatable bonds is 6. The van der Waals surface area contributed by atoms with Crippen LogP contribution in [0.25, 0.3) is 0 Å². The monoisotopic (exact) mass is 408 g/mol. The van der Waals surface area contributed by atoms with Gasteiger partial charge in [0, 0.05) is 23.1 Å². The largest absolute Gasteiger partial charge is 0.486 e. The molecule has 1 atom stereocenters. The molecular weight excluding hydrogens is 384 g/mol. The number of carbonyl (C=O) groups is 1. The van der Waals surface area contributed by atoms with Crippen LogP contribution in [0.5, 0.6) is 11.5 Å². The van der Waals surface area contributed by atoms with E-state index in [1.807, 2.05) is 34.5 Å². The predicted molar refractivity (Wildman–Crippen MR) is 110 cm³/mol. The molecule has 7 heteroatoms. The molecular formula is C20H25ClN2O3S. The molecule has 0 saturated carbocycles. The summed E-state index contributed by atoms with van der Waals surface area (Å²) in [4.78, 5) is 16.1. The third-order valence-corrected chi connectivity index (χ3v) is 5.82. The van der Waals surface area contributed by atoms with Crippen molar-refractivity contribution in [3.63, 3.8) is 0 Å². The lowest BCUT2D eigenvalue weighted by Gasteiger charge is -2.25. The van der Waals surface area contributed by atoms with Crippen LogP contribution in [0.15, 0.2) is 35.7 Å². The van der Waals surface area contributed by atoms with E-state index in [1.54, 1.807) is 11.3 Å². The summed E-state index contributed by atoms with van der Waals surface area (Å²) in [5.74, 6) is 2.25. The molecule has 1 aromatic carbocycles. The minimum atomic E-state index is 0. The van der Waals surface area contributed by atoms with Crippen molar-refractivity contribution >= 4 is 35.3 Å². The molecule has 1 saturated heterocycles. The first-order chi connectivity index (χ1) is 12.8. The summed E-state index contributed by atoms with van der Waals surface area (Å²) >= 11 is 1.68. The van der Waals surface area contributed by atoms with Gasteiger partial charge in [0.25, 0.3) is 0 Å². The molecule has 4 rings (SSSR count). The number of nitrogens with one attached hydrogen (secondary N) is 1. The quantitative estimate of drug-likeness (QED) is 0.788. The molecule has 2 aliphatic heterocycles. The maximum Gasteiger partial charge on any atom is 0.227 e. The fourth-order valence-corrected chi connectivity index (χ4v) is 4.20. The number of carbonyl (C=O) groups excluding carboxylic acids is 1. The second-order valence-corrected chi connectivity index (χ2v) is 7.82. The minimum Gasteiger partial charge on any atom is -0.486 e. The highest BCUT2D eigenvalue weighted by atomic mass is 35.5. The molecule has 2 aliphatic rings. The van der Waals surface area contributed by atoms with Crippen molar-refractivity contribution in [3.8, 4) is 11.5 Å². The first-order valence-electron chi connectivity index (χ1n) is 9.23. The molecule has 1 unspecified atom stereocenters. The minimum absolute atomic E-state index is 0. The van der Waals surface area contributed by atoms with Crippen LogP contribution in [0.2, 0.25) is 0 Å². The average molecular weight is 409 g/mol. The van der Waals surface area contributed by atoms with E-state index in [9.17, 15) is 4.79 Å². The highest BCUT2D eigenvalue weighted by Crippen LogP contribution is 2.35. The molecule has 1 N–H and O–H groups in total. The van der Waals surface area contributed by atoms with E-state index in [-0.39, 0.29) is 18.3 Å². The van der Waals surface area contributed by atoms with Gasteiger partial charge in [-0.3, -0.25) is 4.79 Å². The Morgan fingerprint density at radius 1 is 1.22 bits per heavy atom. The average Bonchev–Trinajstić information content (AvgIpc) is 3.37. The van der Waals surface area contributed by atoms with Crippen molar-refractivity contribution in [2.75, 3.05) is 31.2 Å². The van der Waals surface area contributed by atoms with Gasteiger partial charge in [-0.05, 0) is 55.4 Å². The molecule has 0 radical (unpaired) electrons. The Morgan fingerprint density at radius 2 is 2.07 bits per heavy atom. The highest BCUT2D eigenvalue weighted by Gasteiger charge is 2.22. The van der Waals surface area contributed by atoms with E-state index < -0.39 is 0 Å². The van der Waals surface area contributed by atoms with Crippen molar-refractivity contribution in [3.05, 3.63) is 40.6 Å². The van der Waals surface area contributed by atoms with Crippen LogP contribution < -0.4 is 19.7 Å². The SMILES string of the molecule is Cl.O=C(CCC1CCNC1)N(Cc1cccs1)c1ccc2c(c1)OCCO2. The Kier molecular flexibility index (Phi) is 6.99. The third-order valence-electron chi connectivity index (χ3n) is 4.96. The number of thiophene rings is 1. The fraction of sp³-hybridized carbons (Fsp3) is 0.450. The van der Waals surface area contributed by atoms with Crippen LogP contribution >= 0.6 is 23.7 Å². The normalized spacial score (nSPS) is 18.0. The van der Waals surface area contributed by atoms with Gasteiger partial charge < -0.3 is 19.7 Å². The molecule has 3 heterocycles. The lowest BCUT2D eigenvalue weighted by atomic mass is 10.0. The number of amides is 1. The molecule has 27 heavy (non-hydrogen) atoms. The predicted octanol–water partition coefficient (Wildman–Crippen LogP) is 3.86. The van der Waals surface area contributed by atoms with E-state index in [0.29, 0.717) is 32.1 Å². The highest BCUT2D eigenvalue weighted by molar-refractivity contribution is 7.09. The Balaban J connectivity index is 0.00000210. The lowest BCUT2D eigenvalue weighted by molar-refractivity contribution is -0.119. The smallest absolute Gasteiger partial charge is 0.227 e. The number of benzene rings is 1. The van der Waals surface area contributed by atoms with E-state index in [2.05, 4.69) is 11.4 Å². The summed E-state index contributed by atoms with van der Waals surface area (Å²) in [6, 6.07) is 9.88. The fourth-order valence-electron chi connectivity index (χ4n) is 3.51. The van der Waals surface area contributed by atoms with Gasteiger partial charge >= 0.3 is 0 Å². The van der Waals surface area contributed by atoms with E-state index in [0.717, 1.165) is 36.7 Å². The molecule has 146 valence electrons. The summed E-state index contributed by atoms with van der Waals surface area (Å²) < 4.78 is 11.3. The molecule has 0 bridgehead atoms. The van der Waals surface area contributed by atoms with Crippen LogP contribution in [0, 0.1) is 5.92 Å². The van der Waals surface area contributed by atoms with Crippen molar-refractivity contribution in [2.45, 2.75) is 25.8 Å². The van der Waals surface area contributed by atoms with Gasteiger partial charge in [0.2, 0.25) is 5.91 Å². The van der Waals surface area contributed by atoms with E-state index >= 15 is 0 Å². The van der Waals surface area contributed by atoms with Crippen LogP contribution in [-0.2, 0) is 11.3 Å². The first kappa shape index (κ1) is 20.0. The van der Waals surface area contributed by atoms with Crippen molar-refractivity contribution < 1.29 is 14.3 Å². The Hall–Kier alpha value is -1.76. The lowest BCUT2D eigenvalue weighted by Crippen LogP contribution is -2.30. The van der Waals surface area contributed by atoms with Gasteiger partial charge in [-0.1, -0.05) is 6.07 Å². The second kappa shape index (κ2) is 9.44. The summed E-state index contributed by atoms with van der Waals surface area (Å²) in [5, 5.41) is 5.42. The van der Waals surface area contributed by atoms with Gasteiger partial charge in [0.05, 0.1) is 6.54 Å². The van der Waals surface area contributed by atoms with Crippen molar-refractivity contribution in [1.82, 2.24) is 5.32 Å². The number of ether oxygens (including phenoxy) is 2. The molecule has 0 aliphatic carbocycles. The standard InChI is InChI=1S/C20H24N2O3S.ClH/c23-20(6-3-15-7-8-21-13-15)22(14-17-2-1-11-26-17)16-4-5-18-19(12-16)25-10-9-24-18;/h1-2,4-5,11-12,15,21H,3,6-10,13-14H2;1H.